The maximum absolute atomic E-state index is 5.38. The van der Waals surface area contributed by atoms with Crippen LogP contribution in [0.5, 0.6) is 0 Å². The van der Waals surface area contributed by atoms with E-state index in [0.29, 0.717) is 0 Å². The third-order valence-corrected chi connectivity index (χ3v) is 6.49. The second-order valence-electron chi connectivity index (χ2n) is 9.54. The summed E-state index contributed by atoms with van der Waals surface area (Å²) in [6.45, 7) is 7.84. The first kappa shape index (κ1) is 30.0. The van der Waals surface area contributed by atoms with Crippen LogP contribution in [-0.2, 0) is 4.74 Å². The zero-order valence-corrected chi connectivity index (χ0v) is 21.2. The average molecular weight is 424 g/mol. The molecule has 0 unspecified atom stereocenters. The van der Waals surface area contributed by atoms with E-state index in [1.807, 2.05) is 0 Å². The lowest BCUT2D eigenvalue weighted by Crippen LogP contribution is -1.92. The summed E-state index contributed by atoms with van der Waals surface area (Å²) >= 11 is 0. The van der Waals surface area contributed by atoms with Crippen LogP contribution >= 0.6 is 0 Å². The second-order valence-corrected chi connectivity index (χ2v) is 9.54. The topological polar surface area (TPSA) is 9.23 Å². The molecule has 0 aromatic rings. The van der Waals surface area contributed by atoms with Gasteiger partial charge in [0.15, 0.2) is 0 Å². The molecule has 1 nitrogen and oxygen atoms in total. The molecule has 0 fully saturated rings. The van der Waals surface area contributed by atoms with E-state index < -0.39 is 0 Å². The third kappa shape index (κ3) is 28.0. The lowest BCUT2D eigenvalue weighted by Gasteiger charge is -2.04. The van der Waals surface area contributed by atoms with Gasteiger partial charge in [0.1, 0.15) is 0 Å². The monoisotopic (exact) mass is 423 g/mol. The van der Waals surface area contributed by atoms with Crippen molar-refractivity contribution in [1.82, 2.24) is 0 Å². The van der Waals surface area contributed by atoms with E-state index in [4.69, 9.17) is 4.74 Å². The van der Waals surface area contributed by atoms with Gasteiger partial charge in [0.2, 0.25) is 0 Å². The molecule has 0 spiro atoms. The van der Waals surface area contributed by atoms with Gasteiger partial charge in [-0.2, -0.15) is 0 Å². The molecule has 0 bridgehead atoms. The Morgan fingerprint density at radius 1 is 0.367 bits per heavy atom. The smallest absolute Gasteiger partial charge is 0.0465 e. The normalized spacial score (nSPS) is 11.4. The van der Waals surface area contributed by atoms with Crippen LogP contribution < -0.4 is 0 Å². The van der Waals surface area contributed by atoms with Crippen molar-refractivity contribution >= 4 is 0 Å². The molecular weight excluding hydrogens is 364 g/mol. The maximum Gasteiger partial charge on any atom is 0.0465 e. The van der Waals surface area contributed by atoms with Crippen LogP contribution in [0.2, 0.25) is 0 Å². The van der Waals surface area contributed by atoms with Gasteiger partial charge in [-0.15, -0.1) is 0 Å². The van der Waals surface area contributed by atoms with Crippen molar-refractivity contribution < 1.29 is 4.74 Å². The standard InChI is InChI=1S/C29H59O/c1-3-5-6-7-8-9-10-11-12-13-14-15-16-17-18-19-20-21-22-23-24-25-26-27-28-29-30-4-2/h1,3-29H2,2H3. The molecule has 1 radical (unpaired) electrons. The fourth-order valence-electron chi connectivity index (χ4n) is 4.41. The van der Waals surface area contributed by atoms with Gasteiger partial charge in [-0.25, -0.2) is 0 Å². The van der Waals surface area contributed by atoms with Crippen LogP contribution in [0.25, 0.3) is 0 Å². The summed E-state index contributed by atoms with van der Waals surface area (Å²) in [6, 6.07) is 0. The first-order chi connectivity index (χ1) is 14.9. The molecule has 0 aromatic carbocycles. The van der Waals surface area contributed by atoms with Crippen molar-refractivity contribution in [3.05, 3.63) is 6.92 Å². The molecule has 0 aliphatic heterocycles. The molecule has 0 aliphatic rings. The summed E-state index contributed by atoms with van der Waals surface area (Å²) in [5, 5.41) is 0. The quantitative estimate of drug-likeness (QED) is 0.119. The Morgan fingerprint density at radius 2 is 0.600 bits per heavy atom. The van der Waals surface area contributed by atoms with Gasteiger partial charge >= 0.3 is 0 Å². The number of hydrogen-bond acceptors (Lipinski definition) is 1. The van der Waals surface area contributed by atoms with Crippen molar-refractivity contribution in [2.24, 2.45) is 0 Å². The largest absolute Gasteiger partial charge is 0.382 e. The fourth-order valence-corrected chi connectivity index (χ4v) is 4.41. The van der Waals surface area contributed by atoms with Gasteiger partial charge in [0.25, 0.3) is 0 Å². The number of ether oxygens (including phenoxy) is 1. The molecule has 0 aliphatic carbocycles. The van der Waals surface area contributed by atoms with E-state index in [-0.39, 0.29) is 0 Å². The van der Waals surface area contributed by atoms with Crippen LogP contribution in [-0.4, -0.2) is 13.2 Å². The summed E-state index contributed by atoms with van der Waals surface area (Å²) in [4.78, 5) is 0. The molecule has 181 valence electrons. The van der Waals surface area contributed by atoms with Gasteiger partial charge < -0.3 is 4.74 Å². The van der Waals surface area contributed by atoms with Gasteiger partial charge in [-0.3, -0.25) is 0 Å². The Hall–Kier alpha value is -0.0400. The van der Waals surface area contributed by atoms with Crippen molar-refractivity contribution in [3.8, 4) is 0 Å². The Bertz CT molecular complexity index is 248. The zero-order chi connectivity index (χ0) is 21.8. The highest BCUT2D eigenvalue weighted by Gasteiger charge is 1.96. The van der Waals surface area contributed by atoms with Crippen LogP contribution in [0.4, 0.5) is 0 Å². The minimum atomic E-state index is 0.873. The molecule has 0 N–H and O–H groups in total. The van der Waals surface area contributed by atoms with Crippen LogP contribution in [0.1, 0.15) is 167 Å². The first-order valence-corrected chi connectivity index (χ1v) is 14.3. The summed E-state index contributed by atoms with van der Waals surface area (Å²) in [7, 11) is 0. The molecule has 0 heterocycles. The minimum Gasteiger partial charge on any atom is -0.382 e. The van der Waals surface area contributed by atoms with E-state index in [1.165, 1.54) is 154 Å². The van der Waals surface area contributed by atoms with E-state index in [1.54, 1.807) is 0 Å². The lowest BCUT2D eigenvalue weighted by molar-refractivity contribution is 0.143. The van der Waals surface area contributed by atoms with Crippen molar-refractivity contribution in [2.45, 2.75) is 167 Å². The highest BCUT2D eigenvalue weighted by Crippen LogP contribution is 2.15. The highest BCUT2D eigenvalue weighted by molar-refractivity contribution is 4.52. The Morgan fingerprint density at radius 3 is 0.833 bits per heavy atom. The molecule has 0 atom stereocenters. The Kier molecular flexibility index (Phi) is 28.9. The van der Waals surface area contributed by atoms with E-state index >= 15 is 0 Å². The number of unbranched alkanes of at least 4 members (excludes halogenated alkanes) is 24. The fraction of sp³-hybridized carbons (Fsp3) is 0.966. The lowest BCUT2D eigenvalue weighted by atomic mass is 10.0. The average Bonchev–Trinajstić information content (AvgIpc) is 2.76. The van der Waals surface area contributed by atoms with Gasteiger partial charge in [0.05, 0.1) is 0 Å². The molecule has 0 aromatic heterocycles. The molecule has 0 saturated heterocycles. The first-order valence-electron chi connectivity index (χ1n) is 14.3. The summed E-state index contributed by atoms with van der Waals surface area (Å²) < 4.78 is 5.38. The van der Waals surface area contributed by atoms with Crippen molar-refractivity contribution in [3.63, 3.8) is 0 Å². The summed E-state index contributed by atoms with van der Waals surface area (Å²) in [6.07, 6.45) is 35.8. The Labute approximate surface area is 192 Å². The number of rotatable bonds is 27. The molecule has 0 amide bonds. The van der Waals surface area contributed by atoms with Crippen LogP contribution in [0, 0.1) is 6.92 Å². The molecule has 1 heteroatoms. The zero-order valence-electron chi connectivity index (χ0n) is 21.2. The van der Waals surface area contributed by atoms with E-state index in [9.17, 15) is 0 Å². The summed E-state index contributed by atoms with van der Waals surface area (Å²) in [5.41, 5.74) is 0. The third-order valence-electron chi connectivity index (χ3n) is 6.49. The van der Waals surface area contributed by atoms with Gasteiger partial charge in [-0.05, 0) is 13.3 Å². The maximum atomic E-state index is 5.38. The summed E-state index contributed by atoms with van der Waals surface area (Å²) in [5.74, 6) is 0. The predicted octanol–water partition coefficient (Wildman–Crippen LogP) is 10.6. The number of hydrogen-bond donors (Lipinski definition) is 0. The molecule has 30 heavy (non-hydrogen) atoms. The molecule has 0 saturated carbocycles. The SMILES string of the molecule is [CH2]CCCCCCCCCCCCCCCCCCCCCCCCCCOCC. The highest BCUT2D eigenvalue weighted by atomic mass is 16.5. The molecule has 0 rings (SSSR count). The minimum absolute atomic E-state index is 0.873. The van der Waals surface area contributed by atoms with Gasteiger partial charge in [-0.1, -0.05) is 161 Å². The van der Waals surface area contributed by atoms with Crippen molar-refractivity contribution in [1.29, 1.82) is 0 Å². The molecular formula is C29H59O. The Balaban J connectivity index is 2.97. The van der Waals surface area contributed by atoms with Crippen LogP contribution in [0.3, 0.4) is 0 Å². The van der Waals surface area contributed by atoms with Crippen LogP contribution in [0.15, 0.2) is 0 Å². The van der Waals surface area contributed by atoms with Gasteiger partial charge in [0, 0.05) is 13.2 Å². The predicted molar refractivity (Wildman–Crippen MR) is 137 cm³/mol. The van der Waals surface area contributed by atoms with Crippen molar-refractivity contribution in [2.75, 3.05) is 13.2 Å². The van der Waals surface area contributed by atoms with E-state index in [2.05, 4.69) is 13.8 Å². The second kappa shape index (κ2) is 29.0. The van der Waals surface area contributed by atoms with E-state index in [0.717, 1.165) is 19.6 Å².